The Morgan fingerprint density at radius 2 is 1.92 bits per heavy atom. The molecule has 3 N–H and O–H groups in total. The van der Waals surface area contributed by atoms with Crippen LogP contribution in [0.15, 0.2) is 18.2 Å². The van der Waals surface area contributed by atoms with Crippen LogP contribution >= 0.6 is 0 Å². The Bertz CT molecular complexity index is 590. The average Bonchev–Trinajstić information content (AvgIpc) is 2.96. The lowest BCUT2D eigenvalue weighted by molar-refractivity contribution is 0.0523. The Balaban J connectivity index is 1.64. The molecule has 0 saturated heterocycles. The molecule has 6 atom stereocenters. The van der Waals surface area contributed by atoms with Gasteiger partial charge in [0.05, 0.1) is 12.8 Å². The largest absolute Gasteiger partial charge is 0.508 e. The predicted octanol–water partition coefficient (Wildman–Crippen LogP) is 2.95. The molecule has 0 aliphatic heterocycles. The molecule has 4 heteroatoms. The van der Waals surface area contributed by atoms with Crippen molar-refractivity contribution in [2.45, 2.75) is 50.0 Å². The number of hydrogen-bond acceptors (Lipinski definition) is 4. The number of nitrogens with one attached hydrogen (secondary N) is 1. The van der Waals surface area contributed by atoms with Gasteiger partial charge in [0.2, 0.25) is 0 Å². The fraction of sp³-hybridized carbons (Fsp3) is 0.700. The van der Waals surface area contributed by atoms with Gasteiger partial charge in [0.1, 0.15) is 5.75 Å². The predicted molar refractivity (Wildman–Crippen MR) is 93.0 cm³/mol. The topological polar surface area (TPSA) is 61.7 Å². The molecule has 2 saturated carbocycles. The van der Waals surface area contributed by atoms with Crippen molar-refractivity contribution in [3.63, 3.8) is 0 Å². The highest BCUT2D eigenvalue weighted by molar-refractivity contribution is 5.42. The quantitative estimate of drug-likeness (QED) is 0.586. The van der Waals surface area contributed by atoms with Gasteiger partial charge in [0, 0.05) is 13.7 Å². The molecule has 0 spiro atoms. The maximum atomic E-state index is 10.3. The van der Waals surface area contributed by atoms with E-state index in [1.165, 1.54) is 24.0 Å². The van der Waals surface area contributed by atoms with Gasteiger partial charge in [-0.1, -0.05) is 6.07 Å². The van der Waals surface area contributed by atoms with Gasteiger partial charge >= 0.3 is 0 Å². The van der Waals surface area contributed by atoms with Crippen molar-refractivity contribution in [3.05, 3.63) is 29.3 Å². The minimum Gasteiger partial charge on any atom is -0.508 e. The lowest BCUT2D eigenvalue weighted by Gasteiger charge is -2.47. The van der Waals surface area contributed by atoms with Gasteiger partial charge in [-0.2, -0.15) is 0 Å². The number of aliphatic hydroxyl groups excluding tert-OH is 1. The Morgan fingerprint density at radius 3 is 2.75 bits per heavy atom. The first-order valence-electron chi connectivity index (χ1n) is 9.39. The second-order valence-corrected chi connectivity index (χ2v) is 7.95. The first kappa shape index (κ1) is 16.4. The van der Waals surface area contributed by atoms with E-state index in [9.17, 15) is 10.2 Å². The van der Waals surface area contributed by atoms with Gasteiger partial charge in [0.25, 0.3) is 0 Å². The Kier molecular flexibility index (Phi) is 4.54. The third-order valence-corrected chi connectivity index (χ3v) is 6.82. The average molecular weight is 331 g/mol. The number of fused-ring (bicyclic) bond motifs is 5. The highest BCUT2D eigenvalue weighted by atomic mass is 16.5. The number of aromatic hydroxyl groups is 1. The van der Waals surface area contributed by atoms with Gasteiger partial charge in [0.15, 0.2) is 0 Å². The van der Waals surface area contributed by atoms with Crippen molar-refractivity contribution in [1.29, 1.82) is 0 Å². The highest BCUT2D eigenvalue weighted by Crippen LogP contribution is 2.57. The Morgan fingerprint density at radius 1 is 1.08 bits per heavy atom. The molecule has 0 bridgehead atoms. The second kappa shape index (κ2) is 6.66. The summed E-state index contributed by atoms with van der Waals surface area (Å²) in [5, 5.41) is 23.7. The zero-order valence-electron chi connectivity index (χ0n) is 14.4. The van der Waals surface area contributed by atoms with Crippen molar-refractivity contribution < 1.29 is 14.9 Å². The fourth-order valence-corrected chi connectivity index (χ4v) is 5.86. The summed E-state index contributed by atoms with van der Waals surface area (Å²) < 4.78 is 5.14. The Hall–Kier alpha value is -1.10. The number of hydrogen-bond donors (Lipinski definition) is 3. The van der Waals surface area contributed by atoms with Gasteiger partial charge < -0.3 is 14.9 Å². The minimum atomic E-state index is -0.0813. The molecule has 4 nitrogen and oxygen atoms in total. The highest BCUT2D eigenvalue weighted by Gasteiger charge is 2.48. The molecule has 0 radical (unpaired) electrons. The van der Waals surface area contributed by atoms with Crippen molar-refractivity contribution >= 4 is 0 Å². The number of phenols is 1. The van der Waals surface area contributed by atoms with Crippen LogP contribution in [0.2, 0.25) is 0 Å². The standard InChI is InChI=1S/C20H29NO3/c1-24-11-21-10-12-8-19-15(14-3-2-13(22)9-18(12)14)4-5-17-16(19)6-7-20(17)23/h2-3,9,12,15-17,19-23H,4-8,10-11H2,1H3/t12-,15+,16+,17?,19+,20-/m0/s1. The maximum absolute atomic E-state index is 10.3. The van der Waals surface area contributed by atoms with Crippen LogP contribution in [-0.4, -0.2) is 36.7 Å². The van der Waals surface area contributed by atoms with Crippen LogP contribution in [0.5, 0.6) is 5.75 Å². The molecule has 2 fully saturated rings. The van der Waals surface area contributed by atoms with E-state index < -0.39 is 0 Å². The molecule has 3 aliphatic carbocycles. The Labute approximate surface area is 144 Å². The summed E-state index contributed by atoms with van der Waals surface area (Å²) in [6.45, 7) is 1.44. The molecular weight excluding hydrogens is 302 g/mol. The second-order valence-electron chi connectivity index (χ2n) is 7.95. The molecule has 3 aliphatic rings. The number of phenolic OH excluding ortho intramolecular Hbond substituents is 1. The van der Waals surface area contributed by atoms with Gasteiger partial charge in [-0.05, 0) is 85.0 Å². The van der Waals surface area contributed by atoms with E-state index >= 15 is 0 Å². The van der Waals surface area contributed by atoms with Gasteiger partial charge in [-0.3, -0.25) is 5.32 Å². The summed E-state index contributed by atoms with van der Waals surface area (Å²) in [4.78, 5) is 0. The molecule has 1 unspecified atom stereocenters. The lowest BCUT2D eigenvalue weighted by Crippen LogP contribution is -2.39. The van der Waals surface area contributed by atoms with Crippen LogP contribution < -0.4 is 5.32 Å². The number of ether oxygens (including phenoxy) is 1. The third-order valence-electron chi connectivity index (χ3n) is 6.82. The van der Waals surface area contributed by atoms with Crippen molar-refractivity contribution in [2.24, 2.45) is 17.8 Å². The minimum absolute atomic E-state index is 0.0813. The molecule has 0 aromatic heterocycles. The van der Waals surface area contributed by atoms with E-state index in [1.54, 1.807) is 7.11 Å². The number of rotatable bonds is 4. The summed E-state index contributed by atoms with van der Waals surface area (Å²) in [6, 6.07) is 5.97. The normalized spacial score (nSPS) is 37.6. The van der Waals surface area contributed by atoms with Crippen molar-refractivity contribution in [2.75, 3.05) is 20.4 Å². The van der Waals surface area contributed by atoms with Crippen LogP contribution in [0, 0.1) is 17.8 Å². The molecule has 132 valence electrons. The molecular formula is C20H29NO3. The molecule has 4 rings (SSSR count). The van der Waals surface area contributed by atoms with E-state index in [-0.39, 0.29) is 6.10 Å². The lowest BCUT2D eigenvalue weighted by atomic mass is 9.58. The van der Waals surface area contributed by atoms with E-state index in [0.29, 0.717) is 42.1 Å². The van der Waals surface area contributed by atoms with E-state index in [1.807, 2.05) is 12.1 Å². The van der Waals surface area contributed by atoms with E-state index in [2.05, 4.69) is 11.4 Å². The third kappa shape index (κ3) is 2.75. The summed E-state index contributed by atoms with van der Waals surface area (Å²) in [5.74, 6) is 3.25. The first-order valence-corrected chi connectivity index (χ1v) is 9.39. The van der Waals surface area contributed by atoms with Crippen LogP contribution in [0.25, 0.3) is 0 Å². The summed E-state index contributed by atoms with van der Waals surface area (Å²) in [7, 11) is 1.70. The fourth-order valence-electron chi connectivity index (χ4n) is 5.86. The number of methoxy groups -OCH3 is 1. The molecule has 24 heavy (non-hydrogen) atoms. The zero-order chi connectivity index (χ0) is 16.7. The van der Waals surface area contributed by atoms with Crippen molar-refractivity contribution in [3.8, 4) is 5.75 Å². The summed E-state index contributed by atoms with van der Waals surface area (Å²) in [6.07, 6.45) is 5.57. The van der Waals surface area contributed by atoms with Gasteiger partial charge in [-0.25, -0.2) is 0 Å². The van der Waals surface area contributed by atoms with Crippen LogP contribution in [0.4, 0.5) is 0 Å². The summed E-state index contributed by atoms with van der Waals surface area (Å²) >= 11 is 0. The molecule has 1 aromatic carbocycles. The number of aliphatic hydroxyl groups is 1. The SMILES string of the molecule is COCNC[C@@H]1C[C@@H]2[C@H](CCC3[C@H]2CC[C@@H]3O)c2ccc(O)cc21. The molecule has 0 amide bonds. The van der Waals surface area contributed by atoms with Gasteiger partial charge in [-0.15, -0.1) is 0 Å². The van der Waals surface area contributed by atoms with E-state index in [0.717, 1.165) is 25.8 Å². The van der Waals surface area contributed by atoms with E-state index in [4.69, 9.17) is 4.74 Å². The zero-order valence-corrected chi connectivity index (χ0v) is 14.4. The smallest absolute Gasteiger partial charge is 0.115 e. The van der Waals surface area contributed by atoms with Crippen LogP contribution in [-0.2, 0) is 4.74 Å². The molecule has 1 aromatic rings. The summed E-state index contributed by atoms with van der Waals surface area (Å²) in [5.41, 5.74) is 2.75. The first-order chi connectivity index (χ1) is 11.7. The monoisotopic (exact) mass is 331 g/mol. The maximum Gasteiger partial charge on any atom is 0.115 e. The molecule has 0 heterocycles. The van der Waals surface area contributed by atoms with Crippen LogP contribution in [0.3, 0.4) is 0 Å². The van der Waals surface area contributed by atoms with Crippen molar-refractivity contribution in [1.82, 2.24) is 5.32 Å². The number of benzene rings is 1. The van der Waals surface area contributed by atoms with Crippen LogP contribution in [0.1, 0.15) is 55.1 Å².